The average molecular weight is 418 g/mol. The molecule has 2 aliphatic rings. The fraction of sp³-hybridized carbons (Fsp3) is 0.227. The molecule has 0 radical (unpaired) electrons. The molecule has 8 heteroatoms. The minimum Gasteiger partial charge on any atom is -0.324 e. The van der Waals surface area contributed by atoms with Crippen LogP contribution < -0.4 is 5.32 Å². The van der Waals surface area contributed by atoms with Crippen LogP contribution in [0.1, 0.15) is 63.4 Å². The monoisotopic (exact) mass is 418 g/mol. The van der Waals surface area contributed by atoms with Crippen LogP contribution in [0.25, 0.3) is 0 Å². The average Bonchev–Trinajstić information content (AvgIpc) is 3.51. The number of amides is 1. The van der Waals surface area contributed by atoms with Gasteiger partial charge in [-0.25, -0.2) is 4.98 Å². The van der Waals surface area contributed by atoms with E-state index in [0.29, 0.717) is 33.5 Å². The molecule has 1 atom stereocenters. The fourth-order valence-corrected chi connectivity index (χ4v) is 4.28. The van der Waals surface area contributed by atoms with Crippen molar-refractivity contribution in [3.05, 3.63) is 70.5 Å². The third kappa shape index (κ3) is 3.23. The number of aromatic nitrogens is 3. The molecule has 0 saturated heterocycles. The van der Waals surface area contributed by atoms with Crippen molar-refractivity contribution < 1.29 is 14.4 Å². The van der Waals surface area contributed by atoms with Crippen molar-refractivity contribution in [3.63, 3.8) is 0 Å². The van der Waals surface area contributed by atoms with Crippen LogP contribution >= 0.6 is 11.8 Å². The first kappa shape index (κ1) is 18.7. The zero-order valence-corrected chi connectivity index (χ0v) is 17.0. The van der Waals surface area contributed by atoms with Gasteiger partial charge in [0.15, 0.2) is 11.6 Å². The second-order valence-corrected chi connectivity index (χ2v) is 8.77. The standard InChI is InChI=1S/C22H18N4O3S/c1-11(30-22-24-20(25-26-22)12-9-10-12)21(29)23-16-8-4-7-15-17(16)19(28)14-6-3-2-5-13(14)18(15)27/h2-8,11-12H,9-10H2,1H3,(H,23,29)(H,24,25,26). The summed E-state index contributed by atoms with van der Waals surface area (Å²) in [6.07, 6.45) is 2.23. The maximum atomic E-state index is 13.1. The number of carbonyl (C=O) groups is 3. The molecule has 2 aromatic carbocycles. The molecule has 0 bridgehead atoms. The van der Waals surface area contributed by atoms with E-state index in [9.17, 15) is 14.4 Å². The molecule has 0 spiro atoms. The van der Waals surface area contributed by atoms with Gasteiger partial charge in [0, 0.05) is 22.6 Å². The maximum absolute atomic E-state index is 13.1. The number of nitrogens with one attached hydrogen (secondary N) is 2. The summed E-state index contributed by atoms with van der Waals surface area (Å²) in [6, 6.07) is 11.7. The summed E-state index contributed by atoms with van der Waals surface area (Å²) in [5.41, 5.74) is 1.62. The van der Waals surface area contributed by atoms with Gasteiger partial charge in [-0.05, 0) is 25.8 Å². The first-order valence-electron chi connectivity index (χ1n) is 9.74. The van der Waals surface area contributed by atoms with E-state index >= 15 is 0 Å². The molecule has 5 rings (SSSR count). The van der Waals surface area contributed by atoms with E-state index in [1.807, 2.05) is 0 Å². The van der Waals surface area contributed by atoms with Crippen molar-refractivity contribution in [2.24, 2.45) is 0 Å². The summed E-state index contributed by atoms with van der Waals surface area (Å²) in [7, 11) is 0. The maximum Gasteiger partial charge on any atom is 0.237 e. The van der Waals surface area contributed by atoms with Crippen LogP contribution in [0.15, 0.2) is 47.6 Å². The van der Waals surface area contributed by atoms with Crippen LogP contribution in [0.4, 0.5) is 5.69 Å². The van der Waals surface area contributed by atoms with Crippen LogP contribution in [0.2, 0.25) is 0 Å². The summed E-state index contributed by atoms with van der Waals surface area (Å²) in [6.45, 7) is 1.75. The van der Waals surface area contributed by atoms with Crippen LogP contribution in [-0.2, 0) is 4.79 Å². The molecule has 1 saturated carbocycles. The van der Waals surface area contributed by atoms with Gasteiger partial charge in [-0.15, -0.1) is 5.10 Å². The number of hydrogen-bond acceptors (Lipinski definition) is 6. The second-order valence-electron chi connectivity index (χ2n) is 7.46. The number of benzene rings is 2. The highest BCUT2D eigenvalue weighted by molar-refractivity contribution is 8.00. The zero-order chi connectivity index (χ0) is 20.8. The SMILES string of the molecule is CC(Sc1n[nH]c(C2CC2)n1)C(=O)Nc1cccc2c1C(=O)c1ccccc1C2=O. The Morgan fingerprint density at radius 3 is 2.50 bits per heavy atom. The highest BCUT2D eigenvalue weighted by atomic mass is 32.2. The second kappa shape index (κ2) is 7.21. The Kier molecular flexibility index (Phi) is 4.51. The van der Waals surface area contributed by atoms with Crippen LogP contribution in [-0.4, -0.2) is 37.9 Å². The highest BCUT2D eigenvalue weighted by Crippen LogP contribution is 2.38. The number of nitrogens with zero attached hydrogens (tertiary/aromatic N) is 2. The minimum atomic E-state index is -0.481. The number of fused-ring (bicyclic) bond motifs is 2. The summed E-state index contributed by atoms with van der Waals surface area (Å²) < 4.78 is 0. The van der Waals surface area contributed by atoms with E-state index in [-0.39, 0.29) is 23.0 Å². The number of anilines is 1. The van der Waals surface area contributed by atoms with Gasteiger partial charge in [0.05, 0.1) is 16.5 Å². The largest absolute Gasteiger partial charge is 0.324 e. The molecule has 7 nitrogen and oxygen atoms in total. The van der Waals surface area contributed by atoms with Crippen LogP contribution in [0, 0.1) is 0 Å². The van der Waals surface area contributed by atoms with Crippen molar-refractivity contribution in [2.75, 3.05) is 5.32 Å². The van der Waals surface area contributed by atoms with Crippen molar-refractivity contribution >= 4 is 34.9 Å². The Bertz CT molecular complexity index is 1200. The minimum absolute atomic E-state index is 0.216. The first-order valence-corrected chi connectivity index (χ1v) is 10.6. The van der Waals surface area contributed by atoms with E-state index in [0.717, 1.165) is 18.7 Å². The molecule has 1 aromatic heterocycles. The normalized spacial score (nSPS) is 16.0. The quantitative estimate of drug-likeness (QED) is 0.480. The van der Waals surface area contributed by atoms with E-state index in [2.05, 4.69) is 20.5 Å². The first-order chi connectivity index (χ1) is 14.5. The molecular formula is C22H18N4O3S. The van der Waals surface area contributed by atoms with Gasteiger partial charge in [-0.3, -0.25) is 19.5 Å². The van der Waals surface area contributed by atoms with Crippen molar-refractivity contribution in [2.45, 2.75) is 36.1 Å². The Balaban J connectivity index is 1.38. The Labute approximate surface area is 176 Å². The van der Waals surface area contributed by atoms with E-state index in [4.69, 9.17) is 0 Å². The summed E-state index contributed by atoms with van der Waals surface area (Å²) in [5, 5.41) is 9.96. The lowest BCUT2D eigenvalue weighted by atomic mass is 9.83. The number of rotatable bonds is 5. The van der Waals surface area contributed by atoms with Crippen molar-refractivity contribution in [1.82, 2.24) is 15.2 Å². The summed E-state index contributed by atoms with van der Waals surface area (Å²) in [4.78, 5) is 43.1. The Morgan fingerprint density at radius 2 is 1.77 bits per heavy atom. The summed E-state index contributed by atoms with van der Waals surface area (Å²) in [5.74, 6) is 0.556. The molecule has 2 aliphatic carbocycles. The third-order valence-electron chi connectivity index (χ3n) is 5.31. The Hall–Kier alpha value is -3.26. The molecule has 30 heavy (non-hydrogen) atoms. The van der Waals surface area contributed by atoms with Gasteiger partial charge in [0.2, 0.25) is 11.1 Å². The lowest BCUT2D eigenvalue weighted by molar-refractivity contribution is -0.115. The number of thioether (sulfide) groups is 1. The molecule has 0 aliphatic heterocycles. The molecule has 1 unspecified atom stereocenters. The predicted molar refractivity (Wildman–Crippen MR) is 112 cm³/mol. The summed E-state index contributed by atoms with van der Waals surface area (Å²) >= 11 is 1.25. The zero-order valence-electron chi connectivity index (χ0n) is 16.1. The number of ketones is 2. The smallest absolute Gasteiger partial charge is 0.237 e. The van der Waals surface area contributed by atoms with Crippen molar-refractivity contribution in [3.8, 4) is 0 Å². The highest BCUT2D eigenvalue weighted by Gasteiger charge is 2.32. The van der Waals surface area contributed by atoms with Gasteiger partial charge in [-0.2, -0.15) is 0 Å². The Morgan fingerprint density at radius 1 is 1.07 bits per heavy atom. The number of hydrogen-bond donors (Lipinski definition) is 2. The topological polar surface area (TPSA) is 105 Å². The molecule has 2 N–H and O–H groups in total. The van der Waals surface area contributed by atoms with E-state index in [1.165, 1.54) is 11.8 Å². The van der Waals surface area contributed by atoms with Crippen molar-refractivity contribution in [1.29, 1.82) is 0 Å². The molecule has 3 aromatic rings. The van der Waals surface area contributed by atoms with E-state index < -0.39 is 5.25 Å². The number of carbonyl (C=O) groups excluding carboxylic acids is 3. The molecule has 1 amide bonds. The predicted octanol–water partition coefficient (Wildman–Crippen LogP) is 3.58. The lowest BCUT2D eigenvalue weighted by Gasteiger charge is -2.21. The number of H-pyrrole nitrogens is 1. The van der Waals surface area contributed by atoms with Crippen LogP contribution in [0.3, 0.4) is 0 Å². The van der Waals surface area contributed by atoms with Gasteiger partial charge in [0.25, 0.3) is 0 Å². The molecule has 1 heterocycles. The van der Waals surface area contributed by atoms with E-state index in [1.54, 1.807) is 49.4 Å². The lowest BCUT2D eigenvalue weighted by Crippen LogP contribution is -2.27. The van der Waals surface area contributed by atoms with Gasteiger partial charge < -0.3 is 5.32 Å². The molecular weight excluding hydrogens is 400 g/mol. The van der Waals surface area contributed by atoms with Crippen LogP contribution in [0.5, 0.6) is 0 Å². The van der Waals surface area contributed by atoms with Gasteiger partial charge in [0.1, 0.15) is 5.82 Å². The van der Waals surface area contributed by atoms with Gasteiger partial charge in [-0.1, -0.05) is 48.2 Å². The van der Waals surface area contributed by atoms with Gasteiger partial charge >= 0.3 is 0 Å². The molecule has 1 fully saturated rings. The number of aromatic amines is 1. The third-order valence-corrected chi connectivity index (χ3v) is 6.27. The molecule has 150 valence electrons. The fourth-order valence-electron chi connectivity index (χ4n) is 3.55.